The molecule has 1 heteroatoms. The molecule has 0 atom stereocenters. The molecule has 3 aromatic carbocycles. The molecule has 0 radical (unpaired) electrons. The predicted molar refractivity (Wildman–Crippen MR) is 162 cm³/mol. The first kappa shape index (κ1) is 25.4. The van der Waals surface area contributed by atoms with Crippen LogP contribution in [0.3, 0.4) is 0 Å². The van der Waals surface area contributed by atoms with Crippen molar-refractivity contribution in [2.75, 3.05) is 0 Å². The number of pyridine rings is 1. The highest BCUT2D eigenvalue weighted by Crippen LogP contribution is 2.43. The lowest BCUT2D eigenvalue weighted by Crippen LogP contribution is -2.32. The molecular weight excluding hydrogens is 458 g/mol. The number of nitrogens with zero attached hydrogens (tertiary/aromatic N) is 1. The monoisotopic (exact) mass is 502 g/mol. The summed E-state index contributed by atoms with van der Waals surface area (Å²) < 4.78 is 2.37. The minimum atomic E-state index is 0.516. The SMILES string of the molecule is Cc1ccccc1-c1cc(-c2ccc3cc(C4CCC(C)(C)CC4)ccc3c2)c(C2CCCCC2)c[n+]1C. The summed E-state index contributed by atoms with van der Waals surface area (Å²) in [6.45, 7) is 7.09. The first-order valence-electron chi connectivity index (χ1n) is 15.0. The lowest BCUT2D eigenvalue weighted by atomic mass is 9.71. The molecule has 0 spiro atoms. The predicted octanol–water partition coefficient (Wildman–Crippen LogP) is 10.0. The van der Waals surface area contributed by atoms with Crippen LogP contribution in [0.1, 0.15) is 100 Å². The van der Waals surface area contributed by atoms with Crippen molar-refractivity contribution in [2.45, 2.75) is 90.4 Å². The van der Waals surface area contributed by atoms with E-state index in [2.05, 4.69) is 105 Å². The molecule has 0 amide bonds. The van der Waals surface area contributed by atoms with E-state index in [0.717, 1.165) is 5.92 Å². The molecular formula is C37H44N+. The van der Waals surface area contributed by atoms with Crippen LogP contribution >= 0.6 is 0 Å². The summed E-state index contributed by atoms with van der Waals surface area (Å²) in [6, 6.07) is 25.8. The topological polar surface area (TPSA) is 3.88 Å². The third kappa shape index (κ3) is 5.05. The minimum absolute atomic E-state index is 0.516. The normalized spacial score (nSPS) is 18.6. The van der Waals surface area contributed by atoms with Crippen molar-refractivity contribution in [2.24, 2.45) is 12.5 Å². The minimum Gasteiger partial charge on any atom is -0.201 e. The van der Waals surface area contributed by atoms with Gasteiger partial charge in [-0.25, -0.2) is 4.57 Å². The first-order chi connectivity index (χ1) is 18.4. The summed E-state index contributed by atoms with van der Waals surface area (Å²) in [7, 11) is 2.23. The summed E-state index contributed by atoms with van der Waals surface area (Å²) >= 11 is 0. The van der Waals surface area contributed by atoms with Crippen molar-refractivity contribution in [1.82, 2.24) is 0 Å². The van der Waals surface area contributed by atoms with Crippen molar-refractivity contribution in [3.63, 3.8) is 0 Å². The highest BCUT2D eigenvalue weighted by molar-refractivity contribution is 5.89. The Morgan fingerprint density at radius 2 is 1.42 bits per heavy atom. The molecule has 2 aliphatic rings. The number of aryl methyl sites for hydroxylation is 2. The Hall–Kier alpha value is -2.93. The number of hydrogen-bond donors (Lipinski definition) is 0. The van der Waals surface area contributed by atoms with Crippen molar-refractivity contribution in [3.05, 3.63) is 89.6 Å². The molecule has 4 aromatic rings. The van der Waals surface area contributed by atoms with Crippen LogP contribution in [-0.4, -0.2) is 0 Å². The van der Waals surface area contributed by atoms with Crippen LogP contribution < -0.4 is 4.57 Å². The molecule has 2 aliphatic carbocycles. The van der Waals surface area contributed by atoms with E-state index in [1.54, 1.807) is 0 Å². The molecule has 1 heterocycles. The third-order valence-electron chi connectivity index (χ3n) is 9.76. The summed E-state index contributed by atoms with van der Waals surface area (Å²) in [4.78, 5) is 0. The van der Waals surface area contributed by atoms with Crippen LogP contribution in [-0.2, 0) is 7.05 Å². The largest absolute Gasteiger partial charge is 0.213 e. The van der Waals surface area contributed by atoms with Gasteiger partial charge < -0.3 is 0 Å². The second-order valence-corrected chi connectivity index (χ2v) is 13.0. The van der Waals surface area contributed by atoms with E-state index < -0.39 is 0 Å². The second kappa shape index (κ2) is 10.3. The number of rotatable bonds is 4. The second-order valence-electron chi connectivity index (χ2n) is 13.0. The molecule has 0 bridgehead atoms. The maximum absolute atomic E-state index is 2.48. The van der Waals surface area contributed by atoms with Gasteiger partial charge in [-0.3, -0.25) is 0 Å². The number of aromatic nitrogens is 1. The molecule has 0 saturated heterocycles. The Kier molecular flexibility index (Phi) is 6.89. The fourth-order valence-electron chi connectivity index (χ4n) is 7.20. The molecule has 0 aliphatic heterocycles. The van der Waals surface area contributed by atoms with E-state index >= 15 is 0 Å². The molecule has 6 rings (SSSR count). The van der Waals surface area contributed by atoms with Gasteiger partial charge >= 0.3 is 0 Å². The van der Waals surface area contributed by atoms with Gasteiger partial charge in [0.25, 0.3) is 0 Å². The Morgan fingerprint density at radius 3 is 2.18 bits per heavy atom. The van der Waals surface area contributed by atoms with E-state index in [9.17, 15) is 0 Å². The Balaban J connectivity index is 1.41. The van der Waals surface area contributed by atoms with Crippen molar-refractivity contribution in [1.29, 1.82) is 0 Å². The Morgan fingerprint density at radius 1 is 0.711 bits per heavy atom. The van der Waals surface area contributed by atoms with Crippen LogP contribution in [0.25, 0.3) is 33.2 Å². The van der Waals surface area contributed by atoms with Crippen molar-refractivity contribution in [3.8, 4) is 22.4 Å². The van der Waals surface area contributed by atoms with Crippen molar-refractivity contribution >= 4 is 10.8 Å². The zero-order chi connectivity index (χ0) is 26.3. The summed E-state index contributed by atoms with van der Waals surface area (Å²) in [5, 5.41) is 2.75. The fraction of sp³-hybridized carbons (Fsp3) is 0.432. The van der Waals surface area contributed by atoms with E-state index in [1.807, 2.05) is 0 Å². The van der Waals surface area contributed by atoms with Crippen LogP contribution in [0.15, 0.2) is 72.9 Å². The van der Waals surface area contributed by atoms with Gasteiger partial charge in [0, 0.05) is 17.2 Å². The van der Waals surface area contributed by atoms with Crippen LogP contribution in [0.5, 0.6) is 0 Å². The number of benzene rings is 3. The average molecular weight is 503 g/mol. The van der Waals surface area contributed by atoms with E-state index in [1.165, 1.54) is 108 Å². The van der Waals surface area contributed by atoms with Crippen LogP contribution in [0, 0.1) is 12.3 Å². The van der Waals surface area contributed by atoms with E-state index in [-0.39, 0.29) is 0 Å². The van der Waals surface area contributed by atoms with Gasteiger partial charge in [-0.2, -0.15) is 0 Å². The van der Waals surface area contributed by atoms with Gasteiger partial charge in [0.05, 0.1) is 0 Å². The van der Waals surface area contributed by atoms with Gasteiger partial charge in [0.1, 0.15) is 7.05 Å². The quantitative estimate of drug-likeness (QED) is 0.244. The lowest BCUT2D eigenvalue weighted by molar-refractivity contribution is -0.660. The molecule has 2 saturated carbocycles. The van der Waals surface area contributed by atoms with Gasteiger partial charge in [-0.15, -0.1) is 0 Å². The summed E-state index contributed by atoms with van der Waals surface area (Å²) in [5.74, 6) is 1.38. The van der Waals surface area contributed by atoms with Gasteiger partial charge in [0.2, 0.25) is 5.69 Å². The van der Waals surface area contributed by atoms with E-state index in [0.29, 0.717) is 11.3 Å². The molecule has 0 unspecified atom stereocenters. The highest BCUT2D eigenvalue weighted by Gasteiger charge is 2.28. The average Bonchev–Trinajstić information content (AvgIpc) is 2.93. The lowest BCUT2D eigenvalue weighted by Gasteiger charge is -2.34. The zero-order valence-electron chi connectivity index (χ0n) is 23.9. The maximum Gasteiger partial charge on any atom is 0.213 e. The fourth-order valence-corrected chi connectivity index (χ4v) is 7.20. The van der Waals surface area contributed by atoms with E-state index in [4.69, 9.17) is 0 Å². The van der Waals surface area contributed by atoms with Crippen LogP contribution in [0.4, 0.5) is 0 Å². The van der Waals surface area contributed by atoms with Crippen LogP contribution in [0.2, 0.25) is 0 Å². The molecule has 2 fully saturated rings. The Bertz CT molecular complexity index is 1440. The molecule has 0 N–H and O–H groups in total. The third-order valence-corrected chi connectivity index (χ3v) is 9.76. The first-order valence-corrected chi connectivity index (χ1v) is 15.0. The molecule has 1 aromatic heterocycles. The maximum atomic E-state index is 2.48. The van der Waals surface area contributed by atoms with Gasteiger partial charge in [0.15, 0.2) is 6.20 Å². The highest BCUT2D eigenvalue weighted by atomic mass is 14.9. The standard InChI is InChI=1S/C37H44N/c1-26-10-8-9-13-33(26)36-24-34(35(25-38(36)4)28-11-6-5-7-12-28)32-17-16-30-22-29(14-15-31(30)23-32)27-18-20-37(2,3)21-19-27/h8-10,13-17,22-25,27-28H,5-7,11-12,18-21H2,1-4H3/q+1. The molecule has 38 heavy (non-hydrogen) atoms. The Labute approximate surface area is 229 Å². The molecule has 196 valence electrons. The zero-order valence-corrected chi connectivity index (χ0v) is 23.9. The van der Waals surface area contributed by atoms with Gasteiger partial charge in [-0.05, 0) is 108 Å². The molecule has 1 nitrogen and oxygen atoms in total. The summed E-state index contributed by atoms with van der Waals surface area (Å²) in [5.41, 5.74) is 10.3. The van der Waals surface area contributed by atoms with Crippen molar-refractivity contribution < 1.29 is 4.57 Å². The number of fused-ring (bicyclic) bond motifs is 1. The number of hydrogen-bond acceptors (Lipinski definition) is 0. The smallest absolute Gasteiger partial charge is 0.201 e. The summed E-state index contributed by atoms with van der Waals surface area (Å²) in [6.07, 6.45) is 14.5. The van der Waals surface area contributed by atoms with Gasteiger partial charge in [-0.1, -0.05) is 81.6 Å².